The number of rotatable bonds is 6. The fraction of sp³-hybridized carbons (Fsp3) is 0.500. The van der Waals surface area contributed by atoms with Crippen molar-refractivity contribution in [1.29, 1.82) is 0 Å². The van der Waals surface area contributed by atoms with Crippen LogP contribution in [0.2, 0.25) is 0 Å². The quantitative estimate of drug-likeness (QED) is 0.867. The molecule has 0 spiro atoms. The zero-order valence-electron chi connectivity index (χ0n) is 12.1. The molecule has 104 valence electrons. The van der Waals surface area contributed by atoms with Gasteiger partial charge in [0.25, 0.3) is 0 Å². The number of benzene rings is 1. The molecular weight excluding hydrogens is 236 g/mol. The van der Waals surface area contributed by atoms with Crippen LogP contribution in [-0.2, 0) is 6.54 Å². The summed E-state index contributed by atoms with van der Waals surface area (Å²) in [5.74, 6) is 0.545. The van der Waals surface area contributed by atoms with Crippen LogP contribution >= 0.6 is 0 Å². The first-order valence-corrected chi connectivity index (χ1v) is 6.97. The number of nitrogens with two attached hydrogens (primary N) is 1. The molecular formula is C16H24N2O. The van der Waals surface area contributed by atoms with Crippen molar-refractivity contribution in [2.24, 2.45) is 11.7 Å². The summed E-state index contributed by atoms with van der Waals surface area (Å²) in [4.78, 5) is 2.31. The topological polar surface area (TPSA) is 42.4 Å². The fourth-order valence-corrected chi connectivity index (χ4v) is 2.23. The Morgan fingerprint density at radius 3 is 2.74 bits per heavy atom. The van der Waals surface area contributed by atoms with Crippen molar-refractivity contribution in [3.63, 3.8) is 0 Å². The SMILES string of the molecule is CC(C)C(N)CCN(C)Cc1coc2ccccc12. The molecule has 2 N–H and O–H groups in total. The largest absolute Gasteiger partial charge is 0.464 e. The monoisotopic (exact) mass is 260 g/mol. The second-order valence-corrected chi connectivity index (χ2v) is 5.69. The van der Waals surface area contributed by atoms with Gasteiger partial charge in [0.15, 0.2) is 0 Å². The number of hydrogen-bond donors (Lipinski definition) is 1. The molecule has 0 amide bonds. The van der Waals surface area contributed by atoms with Crippen LogP contribution < -0.4 is 5.73 Å². The highest BCUT2D eigenvalue weighted by atomic mass is 16.3. The van der Waals surface area contributed by atoms with Gasteiger partial charge in [0.05, 0.1) is 6.26 Å². The van der Waals surface area contributed by atoms with E-state index in [9.17, 15) is 0 Å². The third-order valence-electron chi connectivity index (χ3n) is 3.70. The van der Waals surface area contributed by atoms with Gasteiger partial charge < -0.3 is 15.1 Å². The van der Waals surface area contributed by atoms with Crippen LogP contribution in [0.25, 0.3) is 11.0 Å². The van der Waals surface area contributed by atoms with Crippen LogP contribution in [0.3, 0.4) is 0 Å². The number of para-hydroxylation sites is 1. The molecule has 1 heterocycles. The first-order chi connectivity index (χ1) is 9.08. The van der Waals surface area contributed by atoms with Gasteiger partial charge in [0.2, 0.25) is 0 Å². The first kappa shape index (κ1) is 14.1. The third-order valence-corrected chi connectivity index (χ3v) is 3.70. The van der Waals surface area contributed by atoms with E-state index in [1.807, 2.05) is 18.4 Å². The molecule has 3 heteroatoms. The maximum absolute atomic E-state index is 6.08. The van der Waals surface area contributed by atoms with Gasteiger partial charge in [-0.3, -0.25) is 0 Å². The summed E-state index contributed by atoms with van der Waals surface area (Å²) >= 11 is 0. The van der Waals surface area contributed by atoms with E-state index < -0.39 is 0 Å². The smallest absolute Gasteiger partial charge is 0.134 e. The molecule has 1 aromatic heterocycles. The minimum atomic E-state index is 0.281. The van der Waals surface area contributed by atoms with Gasteiger partial charge in [-0.05, 0) is 32.0 Å². The predicted octanol–water partition coefficient (Wildman–Crippen LogP) is 3.24. The molecule has 0 aliphatic rings. The Kier molecular flexibility index (Phi) is 4.61. The third kappa shape index (κ3) is 3.58. The summed E-state index contributed by atoms with van der Waals surface area (Å²) in [6.07, 6.45) is 2.90. The average molecular weight is 260 g/mol. The highest BCUT2D eigenvalue weighted by Gasteiger charge is 2.11. The van der Waals surface area contributed by atoms with Crippen LogP contribution in [0.5, 0.6) is 0 Å². The molecule has 19 heavy (non-hydrogen) atoms. The van der Waals surface area contributed by atoms with E-state index in [1.54, 1.807) is 0 Å². The molecule has 1 unspecified atom stereocenters. The van der Waals surface area contributed by atoms with E-state index >= 15 is 0 Å². The molecule has 0 radical (unpaired) electrons. The van der Waals surface area contributed by atoms with E-state index in [1.165, 1.54) is 10.9 Å². The number of fused-ring (bicyclic) bond motifs is 1. The van der Waals surface area contributed by atoms with Crippen LogP contribution in [0.15, 0.2) is 34.9 Å². The van der Waals surface area contributed by atoms with Crippen molar-refractivity contribution in [2.75, 3.05) is 13.6 Å². The minimum Gasteiger partial charge on any atom is -0.464 e. The van der Waals surface area contributed by atoms with Gasteiger partial charge >= 0.3 is 0 Å². The zero-order valence-corrected chi connectivity index (χ0v) is 12.1. The number of hydrogen-bond acceptors (Lipinski definition) is 3. The Morgan fingerprint density at radius 1 is 1.26 bits per heavy atom. The number of nitrogens with zero attached hydrogens (tertiary/aromatic N) is 1. The Balaban J connectivity index is 1.93. The highest BCUT2D eigenvalue weighted by Crippen LogP contribution is 2.21. The summed E-state index contributed by atoms with van der Waals surface area (Å²) < 4.78 is 5.56. The Bertz CT molecular complexity index is 518. The van der Waals surface area contributed by atoms with Crippen molar-refractivity contribution < 1.29 is 4.42 Å². The van der Waals surface area contributed by atoms with Gasteiger partial charge in [0, 0.05) is 23.5 Å². The molecule has 3 nitrogen and oxygen atoms in total. The Morgan fingerprint density at radius 2 is 2.00 bits per heavy atom. The Hall–Kier alpha value is -1.32. The van der Waals surface area contributed by atoms with Crippen LogP contribution in [0.1, 0.15) is 25.8 Å². The molecule has 0 aliphatic carbocycles. The van der Waals surface area contributed by atoms with E-state index in [-0.39, 0.29) is 6.04 Å². The summed E-state index contributed by atoms with van der Waals surface area (Å²) in [5.41, 5.74) is 8.29. The second kappa shape index (κ2) is 6.22. The van der Waals surface area contributed by atoms with Crippen molar-refractivity contribution in [1.82, 2.24) is 4.90 Å². The lowest BCUT2D eigenvalue weighted by molar-refractivity contribution is 0.296. The minimum absolute atomic E-state index is 0.281. The van der Waals surface area contributed by atoms with Crippen LogP contribution in [0.4, 0.5) is 0 Å². The lowest BCUT2D eigenvalue weighted by atomic mass is 10.0. The summed E-state index contributed by atoms with van der Waals surface area (Å²) in [6.45, 7) is 6.27. The Labute approximate surface area is 115 Å². The average Bonchev–Trinajstić information content (AvgIpc) is 2.79. The summed E-state index contributed by atoms with van der Waals surface area (Å²) in [7, 11) is 2.13. The molecule has 0 saturated carbocycles. The van der Waals surface area contributed by atoms with E-state index in [2.05, 4.69) is 37.9 Å². The maximum atomic E-state index is 6.08. The van der Waals surface area contributed by atoms with Crippen LogP contribution in [0, 0.1) is 5.92 Å². The molecule has 2 aromatic rings. The van der Waals surface area contributed by atoms with E-state index in [0.29, 0.717) is 5.92 Å². The van der Waals surface area contributed by atoms with E-state index in [0.717, 1.165) is 25.1 Å². The van der Waals surface area contributed by atoms with E-state index in [4.69, 9.17) is 10.2 Å². The second-order valence-electron chi connectivity index (χ2n) is 5.69. The van der Waals surface area contributed by atoms with Crippen molar-refractivity contribution >= 4 is 11.0 Å². The van der Waals surface area contributed by atoms with Crippen LogP contribution in [-0.4, -0.2) is 24.5 Å². The normalized spacial score (nSPS) is 13.6. The van der Waals surface area contributed by atoms with Gasteiger partial charge in [-0.15, -0.1) is 0 Å². The maximum Gasteiger partial charge on any atom is 0.134 e. The molecule has 0 bridgehead atoms. The molecule has 0 fully saturated rings. The highest BCUT2D eigenvalue weighted by molar-refractivity contribution is 5.80. The van der Waals surface area contributed by atoms with Crippen molar-refractivity contribution in [2.45, 2.75) is 32.9 Å². The van der Waals surface area contributed by atoms with Gasteiger partial charge in [-0.25, -0.2) is 0 Å². The zero-order chi connectivity index (χ0) is 13.8. The summed E-state index contributed by atoms with van der Waals surface area (Å²) in [6, 6.07) is 8.45. The standard InChI is InChI=1S/C16H24N2O/c1-12(2)15(17)8-9-18(3)10-13-11-19-16-7-5-4-6-14(13)16/h4-7,11-12,15H,8-10,17H2,1-3H3. The molecule has 1 atom stereocenters. The molecule has 0 aliphatic heterocycles. The van der Waals surface area contributed by atoms with Gasteiger partial charge in [-0.2, -0.15) is 0 Å². The summed E-state index contributed by atoms with van der Waals surface area (Å²) in [5, 5.41) is 1.21. The molecule has 1 aromatic carbocycles. The lowest BCUT2D eigenvalue weighted by Crippen LogP contribution is -2.31. The molecule has 2 rings (SSSR count). The molecule has 0 saturated heterocycles. The van der Waals surface area contributed by atoms with Gasteiger partial charge in [-0.1, -0.05) is 32.0 Å². The van der Waals surface area contributed by atoms with Gasteiger partial charge in [0.1, 0.15) is 5.58 Å². The van der Waals surface area contributed by atoms with Crippen molar-refractivity contribution in [3.05, 3.63) is 36.1 Å². The first-order valence-electron chi connectivity index (χ1n) is 6.97. The fourth-order valence-electron chi connectivity index (χ4n) is 2.23. The lowest BCUT2D eigenvalue weighted by Gasteiger charge is -2.20. The number of furan rings is 1. The van der Waals surface area contributed by atoms with Crippen molar-refractivity contribution in [3.8, 4) is 0 Å². The predicted molar refractivity (Wildman–Crippen MR) is 80.0 cm³/mol.